The van der Waals surface area contributed by atoms with Crippen molar-refractivity contribution >= 4 is 10.0 Å². The van der Waals surface area contributed by atoms with Crippen LogP contribution in [0, 0.1) is 5.92 Å². The number of piperidine rings is 1. The quantitative estimate of drug-likeness (QED) is 0.770. The lowest BCUT2D eigenvalue weighted by atomic mass is 9.94. The van der Waals surface area contributed by atoms with Gasteiger partial charge in [0.05, 0.1) is 6.20 Å². The van der Waals surface area contributed by atoms with E-state index in [1.165, 1.54) is 10.9 Å². The van der Waals surface area contributed by atoms with Crippen LogP contribution in [0.3, 0.4) is 0 Å². The molecule has 0 saturated carbocycles. The molecule has 1 aromatic heterocycles. The number of nitrogens with zero attached hydrogens (tertiary/aromatic N) is 3. The summed E-state index contributed by atoms with van der Waals surface area (Å²) in [5, 5.41) is 10.6. The van der Waals surface area contributed by atoms with Gasteiger partial charge in [-0.3, -0.25) is 0 Å². The van der Waals surface area contributed by atoms with Gasteiger partial charge in [0.1, 0.15) is 0 Å². The fourth-order valence-corrected chi connectivity index (χ4v) is 3.60. The lowest BCUT2D eigenvalue weighted by molar-refractivity contribution is 0.320. The second kappa shape index (κ2) is 5.33. The number of hydrogen-bond donors (Lipinski definition) is 2. The summed E-state index contributed by atoms with van der Waals surface area (Å²) in [6.07, 6.45) is 3.39. The van der Waals surface area contributed by atoms with E-state index in [2.05, 4.69) is 20.4 Å². The number of aryl methyl sites for hydroxylation is 1. The number of aromatic nitrogens is 3. The molecule has 1 saturated heterocycles. The van der Waals surface area contributed by atoms with Crippen molar-refractivity contribution < 1.29 is 8.42 Å². The van der Waals surface area contributed by atoms with Crippen LogP contribution in [0.15, 0.2) is 11.2 Å². The SMILES string of the molecule is CC(NS(=O)(=O)c1cnnn1C)C1CCCNC1. The Morgan fingerprint density at radius 3 is 2.94 bits per heavy atom. The monoisotopic (exact) mass is 273 g/mol. The smallest absolute Gasteiger partial charge is 0.259 e. The average Bonchev–Trinajstić information content (AvgIpc) is 2.77. The first kappa shape index (κ1) is 13.4. The molecule has 0 amide bonds. The van der Waals surface area contributed by atoms with E-state index < -0.39 is 10.0 Å². The zero-order chi connectivity index (χ0) is 13.2. The van der Waals surface area contributed by atoms with Crippen LogP contribution < -0.4 is 10.0 Å². The molecule has 7 nitrogen and oxygen atoms in total. The molecular weight excluding hydrogens is 254 g/mol. The molecule has 2 unspecified atom stereocenters. The van der Waals surface area contributed by atoms with Crippen LogP contribution in [0.4, 0.5) is 0 Å². The molecule has 2 heterocycles. The van der Waals surface area contributed by atoms with Crippen LogP contribution in [-0.4, -0.2) is 42.5 Å². The van der Waals surface area contributed by atoms with Crippen LogP contribution in [-0.2, 0) is 17.1 Å². The predicted molar refractivity (Wildman–Crippen MR) is 66.4 cm³/mol. The van der Waals surface area contributed by atoms with Crippen LogP contribution in [0.25, 0.3) is 0 Å². The third-order valence-corrected chi connectivity index (χ3v) is 4.93. The maximum absolute atomic E-state index is 12.1. The Morgan fingerprint density at radius 2 is 2.39 bits per heavy atom. The molecule has 1 fully saturated rings. The summed E-state index contributed by atoms with van der Waals surface area (Å²) < 4.78 is 28.2. The van der Waals surface area contributed by atoms with E-state index >= 15 is 0 Å². The minimum Gasteiger partial charge on any atom is -0.316 e. The van der Waals surface area contributed by atoms with E-state index in [1.807, 2.05) is 6.92 Å². The van der Waals surface area contributed by atoms with E-state index in [0.29, 0.717) is 5.92 Å². The normalized spacial score (nSPS) is 22.9. The summed E-state index contributed by atoms with van der Waals surface area (Å²) in [4.78, 5) is 0. The fourth-order valence-electron chi connectivity index (χ4n) is 2.23. The molecule has 0 aliphatic carbocycles. The van der Waals surface area contributed by atoms with E-state index in [1.54, 1.807) is 7.05 Å². The largest absolute Gasteiger partial charge is 0.316 e. The number of nitrogens with one attached hydrogen (secondary N) is 2. The summed E-state index contributed by atoms with van der Waals surface area (Å²) in [7, 11) is -1.97. The Balaban J connectivity index is 2.06. The number of hydrogen-bond acceptors (Lipinski definition) is 5. The highest BCUT2D eigenvalue weighted by Crippen LogP contribution is 2.16. The first-order valence-electron chi connectivity index (χ1n) is 6.08. The number of sulfonamides is 1. The van der Waals surface area contributed by atoms with Crippen molar-refractivity contribution in [2.24, 2.45) is 13.0 Å². The summed E-state index contributed by atoms with van der Waals surface area (Å²) in [5.41, 5.74) is 0. The summed E-state index contributed by atoms with van der Waals surface area (Å²) in [5.74, 6) is 0.328. The summed E-state index contributed by atoms with van der Waals surface area (Å²) in [6.45, 7) is 3.77. The van der Waals surface area contributed by atoms with Gasteiger partial charge in [0, 0.05) is 13.1 Å². The molecule has 2 rings (SSSR count). The van der Waals surface area contributed by atoms with Crippen LogP contribution in [0.1, 0.15) is 19.8 Å². The minimum atomic E-state index is -3.54. The Labute approximate surface area is 107 Å². The highest BCUT2D eigenvalue weighted by molar-refractivity contribution is 7.89. The number of rotatable bonds is 4. The standard InChI is InChI=1S/C10H19N5O2S/c1-8(9-4-3-5-11-6-9)13-18(16,17)10-7-12-14-15(10)2/h7-9,11,13H,3-6H2,1-2H3. The minimum absolute atomic E-state index is 0.0955. The van der Waals surface area contributed by atoms with Gasteiger partial charge in [-0.15, -0.1) is 5.10 Å². The van der Waals surface area contributed by atoms with Gasteiger partial charge in [-0.25, -0.2) is 17.8 Å². The van der Waals surface area contributed by atoms with Crippen molar-refractivity contribution in [1.29, 1.82) is 0 Å². The van der Waals surface area contributed by atoms with Crippen LogP contribution in [0.5, 0.6) is 0 Å². The lowest BCUT2D eigenvalue weighted by Crippen LogP contribution is -2.44. The third-order valence-electron chi connectivity index (χ3n) is 3.33. The van der Waals surface area contributed by atoms with E-state index in [-0.39, 0.29) is 11.1 Å². The maximum atomic E-state index is 12.1. The van der Waals surface area contributed by atoms with E-state index in [9.17, 15) is 8.42 Å². The molecule has 0 spiro atoms. The van der Waals surface area contributed by atoms with Crippen molar-refractivity contribution in [2.45, 2.75) is 30.8 Å². The van der Waals surface area contributed by atoms with E-state index in [0.717, 1.165) is 25.9 Å². The second-order valence-electron chi connectivity index (χ2n) is 4.71. The van der Waals surface area contributed by atoms with Crippen molar-refractivity contribution in [1.82, 2.24) is 25.0 Å². The van der Waals surface area contributed by atoms with Crippen molar-refractivity contribution in [3.8, 4) is 0 Å². The molecular formula is C10H19N5O2S. The highest BCUT2D eigenvalue weighted by atomic mass is 32.2. The molecule has 1 aliphatic rings. The molecule has 0 bridgehead atoms. The molecule has 18 heavy (non-hydrogen) atoms. The second-order valence-corrected chi connectivity index (χ2v) is 6.37. The van der Waals surface area contributed by atoms with Crippen LogP contribution >= 0.6 is 0 Å². The molecule has 1 aromatic rings. The fraction of sp³-hybridized carbons (Fsp3) is 0.800. The third kappa shape index (κ3) is 2.88. The maximum Gasteiger partial charge on any atom is 0.259 e. The lowest BCUT2D eigenvalue weighted by Gasteiger charge is -2.28. The van der Waals surface area contributed by atoms with E-state index in [4.69, 9.17) is 0 Å². The van der Waals surface area contributed by atoms with Gasteiger partial charge in [0.15, 0.2) is 5.03 Å². The molecule has 102 valence electrons. The predicted octanol–water partition coefficient (Wildman–Crippen LogP) is -0.518. The average molecular weight is 273 g/mol. The van der Waals surface area contributed by atoms with Crippen molar-refractivity contribution in [3.63, 3.8) is 0 Å². The molecule has 1 aliphatic heterocycles. The first-order chi connectivity index (χ1) is 8.50. The Morgan fingerprint density at radius 1 is 1.61 bits per heavy atom. The van der Waals surface area contributed by atoms with Gasteiger partial charge in [0.2, 0.25) is 0 Å². The molecule has 0 aromatic carbocycles. The van der Waals surface area contributed by atoms with Gasteiger partial charge in [-0.05, 0) is 38.8 Å². The van der Waals surface area contributed by atoms with Gasteiger partial charge < -0.3 is 5.32 Å². The summed E-state index contributed by atoms with van der Waals surface area (Å²) in [6, 6.07) is -0.0994. The Bertz CT molecular complexity index is 492. The first-order valence-corrected chi connectivity index (χ1v) is 7.57. The molecule has 8 heteroatoms. The van der Waals surface area contributed by atoms with Crippen LogP contribution in [0.2, 0.25) is 0 Å². The zero-order valence-electron chi connectivity index (χ0n) is 10.6. The molecule has 0 radical (unpaired) electrons. The van der Waals surface area contributed by atoms with Crippen molar-refractivity contribution in [3.05, 3.63) is 6.20 Å². The van der Waals surface area contributed by atoms with Gasteiger partial charge in [0.25, 0.3) is 10.0 Å². The highest BCUT2D eigenvalue weighted by Gasteiger charge is 2.26. The van der Waals surface area contributed by atoms with Gasteiger partial charge in [-0.2, -0.15) is 0 Å². The zero-order valence-corrected chi connectivity index (χ0v) is 11.4. The van der Waals surface area contributed by atoms with Crippen molar-refractivity contribution in [2.75, 3.05) is 13.1 Å². The van der Waals surface area contributed by atoms with Gasteiger partial charge >= 0.3 is 0 Å². The Kier molecular flexibility index (Phi) is 3.98. The molecule has 2 atom stereocenters. The van der Waals surface area contributed by atoms with Gasteiger partial charge in [-0.1, -0.05) is 5.21 Å². The Hall–Kier alpha value is -0.990. The molecule has 2 N–H and O–H groups in total. The topological polar surface area (TPSA) is 88.9 Å². The summed E-state index contributed by atoms with van der Waals surface area (Å²) >= 11 is 0.